The lowest BCUT2D eigenvalue weighted by Crippen LogP contribution is -2.05. The van der Waals surface area contributed by atoms with Gasteiger partial charge in [-0.05, 0) is 35.0 Å². The van der Waals surface area contributed by atoms with Crippen LogP contribution in [0.4, 0.5) is 16.1 Å². The van der Waals surface area contributed by atoms with Crippen LogP contribution in [0.2, 0.25) is 0 Å². The molecule has 0 unspecified atom stereocenters. The Bertz CT molecular complexity index is 580. The van der Waals surface area contributed by atoms with Crippen molar-refractivity contribution in [1.29, 1.82) is 0 Å². The van der Waals surface area contributed by atoms with Gasteiger partial charge in [0.05, 0.1) is 12.3 Å². The van der Waals surface area contributed by atoms with Crippen LogP contribution in [0.1, 0.15) is 17.4 Å². The standard InChI is InChI=1S/C12H10BrFN2O3/c1-2-18-11(17)9-6-19-12(15-9)16-10-7(13)4-3-5-8(10)14/h3-6H,2H2,1H3,(H,15,16). The molecule has 1 N–H and O–H groups in total. The highest BCUT2D eigenvalue weighted by atomic mass is 79.9. The van der Waals surface area contributed by atoms with E-state index in [2.05, 4.69) is 26.2 Å². The van der Waals surface area contributed by atoms with Gasteiger partial charge in [0.2, 0.25) is 0 Å². The molecular weight excluding hydrogens is 319 g/mol. The van der Waals surface area contributed by atoms with Gasteiger partial charge in [-0.15, -0.1) is 0 Å². The third-order valence-corrected chi connectivity index (χ3v) is 2.84. The van der Waals surface area contributed by atoms with Gasteiger partial charge >= 0.3 is 5.97 Å². The monoisotopic (exact) mass is 328 g/mol. The van der Waals surface area contributed by atoms with Crippen LogP contribution in [0.3, 0.4) is 0 Å². The number of esters is 1. The predicted octanol–water partition coefficient (Wildman–Crippen LogP) is 3.50. The average Bonchev–Trinajstić information content (AvgIpc) is 2.83. The number of nitrogens with zero attached hydrogens (tertiary/aromatic N) is 1. The number of para-hydroxylation sites is 1. The summed E-state index contributed by atoms with van der Waals surface area (Å²) < 4.78 is 23.9. The fraction of sp³-hybridized carbons (Fsp3) is 0.167. The fourth-order valence-corrected chi connectivity index (χ4v) is 1.80. The highest BCUT2D eigenvalue weighted by Gasteiger charge is 2.15. The molecule has 0 amide bonds. The first-order valence-corrected chi connectivity index (χ1v) is 6.24. The minimum Gasteiger partial charge on any atom is -0.461 e. The van der Waals surface area contributed by atoms with E-state index in [0.717, 1.165) is 6.26 Å². The van der Waals surface area contributed by atoms with Crippen LogP contribution in [0.15, 0.2) is 33.4 Å². The zero-order chi connectivity index (χ0) is 13.8. The average molecular weight is 329 g/mol. The Hall–Kier alpha value is -1.89. The number of nitrogens with one attached hydrogen (secondary N) is 1. The van der Waals surface area contributed by atoms with Crippen molar-refractivity contribution in [1.82, 2.24) is 4.98 Å². The minimum atomic E-state index is -0.591. The van der Waals surface area contributed by atoms with Crippen LogP contribution in [0, 0.1) is 5.82 Å². The highest BCUT2D eigenvalue weighted by molar-refractivity contribution is 9.10. The Morgan fingerprint density at radius 3 is 3.05 bits per heavy atom. The van der Waals surface area contributed by atoms with E-state index >= 15 is 0 Å². The number of hydrogen-bond donors (Lipinski definition) is 1. The van der Waals surface area contributed by atoms with Crippen molar-refractivity contribution in [3.8, 4) is 0 Å². The van der Waals surface area contributed by atoms with Crippen molar-refractivity contribution in [3.63, 3.8) is 0 Å². The number of halogens is 2. The van der Waals surface area contributed by atoms with Gasteiger partial charge in [0.1, 0.15) is 12.1 Å². The van der Waals surface area contributed by atoms with E-state index in [9.17, 15) is 9.18 Å². The van der Waals surface area contributed by atoms with Crippen molar-refractivity contribution >= 4 is 33.6 Å². The second kappa shape index (κ2) is 5.83. The van der Waals surface area contributed by atoms with Gasteiger partial charge in [-0.25, -0.2) is 9.18 Å². The molecule has 0 saturated carbocycles. The van der Waals surface area contributed by atoms with Gasteiger partial charge in [-0.1, -0.05) is 6.07 Å². The van der Waals surface area contributed by atoms with E-state index in [1.165, 1.54) is 6.07 Å². The number of hydrogen-bond acceptors (Lipinski definition) is 5. The number of rotatable bonds is 4. The normalized spacial score (nSPS) is 10.3. The van der Waals surface area contributed by atoms with Crippen molar-refractivity contribution in [3.05, 3.63) is 40.4 Å². The number of anilines is 2. The predicted molar refractivity (Wildman–Crippen MR) is 69.8 cm³/mol. The number of aromatic nitrogens is 1. The van der Waals surface area contributed by atoms with Gasteiger partial charge in [0.25, 0.3) is 6.01 Å². The first-order chi connectivity index (χ1) is 9.11. The maximum atomic E-state index is 13.6. The maximum Gasteiger partial charge on any atom is 0.360 e. The summed E-state index contributed by atoms with van der Waals surface area (Å²) in [6.07, 6.45) is 1.15. The van der Waals surface area contributed by atoms with Crippen molar-refractivity contribution in [2.45, 2.75) is 6.92 Å². The summed E-state index contributed by atoms with van der Waals surface area (Å²) in [5.74, 6) is -1.06. The van der Waals surface area contributed by atoms with Crippen LogP contribution in [-0.4, -0.2) is 17.6 Å². The lowest BCUT2D eigenvalue weighted by atomic mass is 10.3. The molecule has 100 valence electrons. The zero-order valence-electron chi connectivity index (χ0n) is 9.94. The molecule has 5 nitrogen and oxygen atoms in total. The molecule has 1 aromatic carbocycles. The molecule has 0 atom stereocenters. The van der Waals surface area contributed by atoms with Crippen LogP contribution in [-0.2, 0) is 4.74 Å². The van der Waals surface area contributed by atoms with Crippen molar-refractivity contribution in [2.24, 2.45) is 0 Å². The van der Waals surface area contributed by atoms with Gasteiger partial charge in [-0.2, -0.15) is 4.98 Å². The molecule has 0 saturated heterocycles. The summed E-state index contributed by atoms with van der Waals surface area (Å²) in [4.78, 5) is 15.3. The Balaban J connectivity index is 2.18. The molecule has 7 heteroatoms. The third kappa shape index (κ3) is 3.11. The molecule has 0 bridgehead atoms. The molecule has 1 heterocycles. The van der Waals surface area contributed by atoms with E-state index in [-0.39, 0.29) is 24.0 Å². The largest absolute Gasteiger partial charge is 0.461 e. The first kappa shape index (κ1) is 13.5. The third-order valence-electron chi connectivity index (χ3n) is 2.18. The number of oxazole rings is 1. The molecule has 0 spiro atoms. The van der Waals surface area contributed by atoms with Gasteiger partial charge in [-0.3, -0.25) is 0 Å². The van der Waals surface area contributed by atoms with Crippen LogP contribution >= 0.6 is 15.9 Å². The zero-order valence-corrected chi connectivity index (χ0v) is 11.5. The number of carbonyl (C=O) groups excluding carboxylic acids is 1. The molecule has 2 rings (SSSR count). The van der Waals surface area contributed by atoms with Crippen LogP contribution in [0.5, 0.6) is 0 Å². The molecule has 0 aliphatic heterocycles. The minimum absolute atomic E-state index is 0.00820. The lowest BCUT2D eigenvalue weighted by molar-refractivity contribution is 0.0519. The molecule has 2 aromatic rings. The summed E-state index contributed by atoms with van der Waals surface area (Å²) in [6, 6.07) is 4.53. The Morgan fingerprint density at radius 1 is 1.58 bits per heavy atom. The molecule has 0 aliphatic carbocycles. The first-order valence-electron chi connectivity index (χ1n) is 5.45. The summed E-state index contributed by atoms with van der Waals surface area (Å²) in [5, 5.41) is 2.65. The van der Waals surface area contributed by atoms with E-state index in [1.807, 2.05) is 0 Å². The molecular formula is C12H10BrFN2O3. The number of ether oxygens (including phenoxy) is 1. The number of benzene rings is 1. The lowest BCUT2D eigenvalue weighted by Gasteiger charge is -2.05. The number of carbonyl (C=O) groups is 1. The maximum absolute atomic E-state index is 13.6. The van der Waals surface area contributed by atoms with Crippen LogP contribution < -0.4 is 5.32 Å². The Labute approximate surface area is 116 Å². The SMILES string of the molecule is CCOC(=O)c1coc(Nc2c(F)cccc2Br)n1. The molecule has 1 aromatic heterocycles. The van der Waals surface area contributed by atoms with Gasteiger partial charge < -0.3 is 14.5 Å². The molecule has 0 aliphatic rings. The summed E-state index contributed by atoms with van der Waals surface area (Å²) in [6.45, 7) is 1.93. The fourth-order valence-electron chi connectivity index (χ4n) is 1.35. The molecule has 0 fully saturated rings. The Kier molecular flexibility index (Phi) is 4.16. The van der Waals surface area contributed by atoms with Gasteiger partial charge in [0, 0.05) is 4.47 Å². The van der Waals surface area contributed by atoms with E-state index < -0.39 is 11.8 Å². The Morgan fingerprint density at radius 2 is 2.37 bits per heavy atom. The summed E-state index contributed by atoms with van der Waals surface area (Å²) >= 11 is 3.20. The summed E-state index contributed by atoms with van der Waals surface area (Å²) in [5.41, 5.74) is 0.205. The van der Waals surface area contributed by atoms with E-state index in [4.69, 9.17) is 9.15 Å². The highest BCUT2D eigenvalue weighted by Crippen LogP contribution is 2.28. The van der Waals surface area contributed by atoms with E-state index in [0.29, 0.717) is 4.47 Å². The second-order valence-electron chi connectivity index (χ2n) is 3.48. The van der Waals surface area contributed by atoms with E-state index in [1.54, 1.807) is 19.1 Å². The second-order valence-corrected chi connectivity index (χ2v) is 4.33. The summed E-state index contributed by atoms with van der Waals surface area (Å²) in [7, 11) is 0. The molecule has 0 radical (unpaired) electrons. The molecule has 19 heavy (non-hydrogen) atoms. The smallest absolute Gasteiger partial charge is 0.360 e. The topological polar surface area (TPSA) is 64.4 Å². The van der Waals surface area contributed by atoms with Crippen molar-refractivity contribution in [2.75, 3.05) is 11.9 Å². The van der Waals surface area contributed by atoms with Crippen molar-refractivity contribution < 1.29 is 18.3 Å². The quantitative estimate of drug-likeness (QED) is 0.870. The van der Waals surface area contributed by atoms with Crippen LogP contribution in [0.25, 0.3) is 0 Å². The van der Waals surface area contributed by atoms with Gasteiger partial charge in [0.15, 0.2) is 5.69 Å².